The summed E-state index contributed by atoms with van der Waals surface area (Å²) in [5.41, 5.74) is 1.10. The van der Waals surface area contributed by atoms with Gasteiger partial charge in [0.2, 0.25) is 5.91 Å². The first-order valence-electron chi connectivity index (χ1n) is 8.05. The summed E-state index contributed by atoms with van der Waals surface area (Å²) in [4.78, 5) is 14.8. The number of nitrogens with one attached hydrogen (secondary N) is 1. The lowest BCUT2D eigenvalue weighted by molar-refractivity contribution is -0.122. The van der Waals surface area contributed by atoms with Crippen LogP contribution in [0.25, 0.3) is 0 Å². The summed E-state index contributed by atoms with van der Waals surface area (Å²) in [6, 6.07) is 11.0. The molecule has 1 aromatic carbocycles. The Labute approximate surface area is 129 Å². The molecule has 3 heteroatoms. The van der Waals surface area contributed by atoms with Crippen LogP contribution in [0.3, 0.4) is 0 Å². The van der Waals surface area contributed by atoms with Gasteiger partial charge in [-0.1, -0.05) is 37.3 Å². The molecular weight excluding hydrogens is 260 g/mol. The van der Waals surface area contributed by atoms with E-state index >= 15 is 0 Å². The maximum atomic E-state index is 12.4. The molecule has 0 spiro atoms. The largest absolute Gasteiger partial charge is 0.354 e. The van der Waals surface area contributed by atoms with Crippen molar-refractivity contribution in [2.75, 3.05) is 13.1 Å². The predicted molar refractivity (Wildman–Crippen MR) is 89.5 cm³/mol. The molecule has 1 atom stereocenters. The maximum Gasteiger partial charge on any atom is 0.227 e. The standard InChI is InChI=1S/C18H30N2O/c1-6-17(16-10-8-7-9-11-16)18(21)19-12-13-20(14(2)3)15(4)5/h7-11,14-15,17H,6,12-13H2,1-5H3,(H,19,21). The first-order valence-corrected chi connectivity index (χ1v) is 8.05. The number of hydrogen-bond acceptors (Lipinski definition) is 2. The topological polar surface area (TPSA) is 32.3 Å². The quantitative estimate of drug-likeness (QED) is 0.795. The number of carbonyl (C=O) groups is 1. The molecule has 0 radical (unpaired) electrons. The van der Waals surface area contributed by atoms with Gasteiger partial charge < -0.3 is 5.32 Å². The minimum atomic E-state index is -0.0438. The van der Waals surface area contributed by atoms with Gasteiger partial charge in [-0.3, -0.25) is 9.69 Å². The molecule has 3 nitrogen and oxygen atoms in total. The van der Waals surface area contributed by atoms with Crippen LogP contribution < -0.4 is 5.32 Å². The van der Waals surface area contributed by atoms with Gasteiger partial charge in [-0.2, -0.15) is 0 Å². The summed E-state index contributed by atoms with van der Waals surface area (Å²) in [6.45, 7) is 12.4. The molecule has 1 rings (SSSR count). The molecular formula is C18H30N2O. The molecule has 0 saturated carbocycles. The number of nitrogens with zero attached hydrogens (tertiary/aromatic N) is 1. The zero-order valence-electron chi connectivity index (χ0n) is 14.1. The number of hydrogen-bond donors (Lipinski definition) is 1. The van der Waals surface area contributed by atoms with Crippen LogP contribution in [0, 0.1) is 0 Å². The molecule has 1 aromatic rings. The Balaban J connectivity index is 2.52. The molecule has 0 aromatic heterocycles. The van der Waals surface area contributed by atoms with E-state index in [9.17, 15) is 4.79 Å². The smallest absolute Gasteiger partial charge is 0.227 e. The van der Waals surface area contributed by atoms with Crippen LogP contribution in [0.4, 0.5) is 0 Å². The van der Waals surface area contributed by atoms with Crippen molar-refractivity contribution in [2.24, 2.45) is 0 Å². The van der Waals surface area contributed by atoms with Gasteiger partial charge in [-0.15, -0.1) is 0 Å². The third-order valence-corrected chi connectivity index (χ3v) is 3.92. The normalized spacial score (nSPS) is 13.0. The van der Waals surface area contributed by atoms with E-state index in [1.807, 2.05) is 30.3 Å². The van der Waals surface area contributed by atoms with Crippen molar-refractivity contribution in [1.82, 2.24) is 10.2 Å². The molecule has 0 saturated heterocycles. The van der Waals surface area contributed by atoms with Gasteiger partial charge >= 0.3 is 0 Å². The summed E-state index contributed by atoms with van der Waals surface area (Å²) < 4.78 is 0. The van der Waals surface area contributed by atoms with Crippen molar-refractivity contribution in [1.29, 1.82) is 0 Å². The number of amides is 1. The third-order valence-electron chi connectivity index (χ3n) is 3.92. The van der Waals surface area contributed by atoms with E-state index in [1.54, 1.807) is 0 Å². The second-order valence-corrected chi connectivity index (χ2v) is 6.09. The zero-order chi connectivity index (χ0) is 15.8. The second kappa shape index (κ2) is 8.83. The van der Waals surface area contributed by atoms with Crippen molar-refractivity contribution >= 4 is 5.91 Å². The van der Waals surface area contributed by atoms with Gasteiger partial charge in [0, 0.05) is 25.2 Å². The van der Waals surface area contributed by atoms with Crippen molar-refractivity contribution in [3.63, 3.8) is 0 Å². The van der Waals surface area contributed by atoms with Crippen molar-refractivity contribution in [3.05, 3.63) is 35.9 Å². The molecule has 118 valence electrons. The van der Waals surface area contributed by atoms with Crippen LogP contribution in [0.15, 0.2) is 30.3 Å². The Kier molecular flexibility index (Phi) is 7.44. The van der Waals surface area contributed by atoms with Gasteiger partial charge in [-0.25, -0.2) is 0 Å². The fourth-order valence-corrected chi connectivity index (χ4v) is 2.80. The highest BCUT2D eigenvalue weighted by Crippen LogP contribution is 2.19. The lowest BCUT2D eigenvalue weighted by Crippen LogP contribution is -2.43. The van der Waals surface area contributed by atoms with E-state index in [2.05, 4.69) is 44.8 Å². The highest BCUT2D eigenvalue weighted by atomic mass is 16.1. The molecule has 0 aliphatic carbocycles. The highest BCUT2D eigenvalue weighted by Gasteiger charge is 2.19. The Hall–Kier alpha value is -1.35. The van der Waals surface area contributed by atoms with Crippen molar-refractivity contribution in [2.45, 2.75) is 59.0 Å². The Morgan fingerprint density at radius 3 is 2.14 bits per heavy atom. The predicted octanol–water partition coefficient (Wildman–Crippen LogP) is 3.42. The minimum absolute atomic E-state index is 0.0438. The molecule has 0 bridgehead atoms. The van der Waals surface area contributed by atoms with E-state index in [4.69, 9.17) is 0 Å². The SMILES string of the molecule is CCC(C(=O)NCCN(C(C)C)C(C)C)c1ccccc1. The molecule has 0 fully saturated rings. The number of benzene rings is 1. The van der Waals surface area contributed by atoms with E-state index in [1.165, 1.54) is 0 Å². The van der Waals surface area contributed by atoms with Crippen LogP contribution in [0.2, 0.25) is 0 Å². The lowest BCUT2D eigenvalue weighted by atomic mass is 9.96. The van der Waals surface area contributed by atoms with Gasteiger partial charge in [0.25, 0.3) is 0 Å². The first-order chi connectivity index (χ1) is 9.97. The monoisotopic (exact) mass is 290 g/mol. The van der Waals surface area contributed by atoms with Gasteiger partial charge in [0.05, 0.1) is 5.92 Å². The van der Waals surface area contributed by atoms with Crippen LogP contribution in [-0.2, 0) is 4.79 Å². The van der Waals surface area contributed by atoms with E-state index in [0.717, 1.165) is 18.5 Å². The second-order valence-electron chi connectivity index (χ2n) is 6.09. The van der Waals surface area contributed by atoms with Crippen LogP contribution in [-0.4, -0.2) is 36.0 Å². The Morgan fingerprint density at radius 1 is 1.10 bits per heavy atom. The molecule has 0 aliphatic rings. The van der Waals surface area contributed by atoms with Crippen molar-refractivity contribution in [3.8, 4) is 0 Å². The first kappa shape index (κ1) is 17.7. The van der Waals surface area contributed by atoms with E-state index < -0.39 is 0 Å². The van der Waals surface area contributed by atoms with Crippen LogP contribution in [0.5, 0.6) is 0 Å². The Morgan fingerprint density at radius 2 is 1.67 bits per heavy atom. The highest BCUT2D eigenvalue weighted by molar-refractivity contribution is 5.83. The van der Waals surface area contributed by atoms with Gasteiger partial charge in [0.15, 0.2) is 0 Å². The summed E-state index contributed by atoms with van der Waals surface area (Å²) >= 11 is 0. The summed E-state index contributed by atoms with van der Waals surface area (Å²) in [6.07, 6.45) is 0.827. The van der Waals surface area contributed by atoms with Gasteiger partial charge in [0.1, 0.15) is 0 Å². The van der Waals surface area contributed by atoms with Crippen LogP contribution >= 0.6 is 0 Å². The number of carbonyl (C=O) groups excluding carboxylic acids is 1. The maximum absolute atomic E-state index is 12.4. The van der Waals surface area contributed by atoms with Crippen LogP contribution in [0.1, 0.15) is 52.5 Å². The fraction of sp³-hybridized carbons (Fsp3) is 0.611. The number of rotatable bonds is 8. The van der Waals surface area contributed by atoms with E-state index in [-0.39, 0.29) is 11.8 Å². The molecule has 0 aliphatic heterocycles. The molecule has 1 unspecified atom stereocenters. The molecule has 1 N–H and O–H groups in total. The Bertz CT molecular complexity index is 406. The molecule has 21 heavy (non-hydrogen) atoms. The third kappa shape index (κ3) is 5.50. The van der Waals surface area contributed by atoms with Crippen molar-refractivity contribution < 1.29 is 4.79 Å². The lowest BCUT2D eigenvalue weighted by Gasteiger charge is -2.30. The summed E-state index contributed by atoms with van der Waals surface area (Å²) in [5.74, 6) is 0.0916. The molecule has 1 amide bonds. The summed E-state index contributed by atoms with van der Waals surface area (Å²) in [5, 5.41) is 3.09. The average molecular weight is 290 g/mol. The fourth-order valence-electron chi connectivity index (χ4n) is 2.80. The molecule has 0 heterocycles. The van der Waals surface area contributed by atoms with Gasteiger partial charge in [-0.05, 0) is 39.7 Å². The minimum Gasteiger partial charge on any atom is -0.354 e. The zero-order valence-corrected chi connectivity index (χ0v) is 14.1. The van der Waals surface area contributed by atoms with E-state index in [0.29, 0.717) is 18.6 Å². The summed E-state index contributed by atoms with van der Waals surface area (Å²) in [7, 11) is 0. The average Bonchev–Trinajstić information content (AvgIpc) is 2.44.